The van der Waals surface area contributed by atoms with Gasteiger partial charge in [-0.15, -0.1) is 0 Å². The van der Waals surface area contributed by atoms with Crippen LogP contribution >= 0.6 is 0 Å². The largest absolute Gasteiger partial charge is 0.356 e. The Morgan fingerprint density at radius 1 is 1.37 bits per heavy atom. The molecule has 2 N–H and O–H groups in total. The van der Waals surface area contributed by atoms with E-state index in [0.717, 1.165) is 12.8 Å². The summed E-state index contributed by atoms with van der Waals surface area (Å²) in [6.07, 6.45) is 5.17. The maximum Gasteiger partial charge on any atom is 0.243 e. The molecule has 0 aromatic heterocycles. The van der Waals surface area contributed by atoms with Crippen LogP contribution in [0.15, 0.2) is 4.99 Å². The minimum absolute atomic E-state index is 0.0435. The van der Waals surface area contributed by atoms with E-state index < -0.39 is 0 Å². The predicted molar refractivity (Wildman–Crippen MR) is 75.0 cm³/mol. The number of hydrogen-bond acceptors (Lipinski definition) is 2. The van der Waals surface area contributed by atoms with Crippen molar-refractivity contribution in [2.24, 2.45) is 4.99 Å². The van der Waals surface area contributed by atoms with Crippen molar-refractivity contribution in [1.29, 1.82) is 0 Å². The van der Waals surface area contributed by atoms with Crippen LogP contribution in [0.5, 0.6) is 0 Å². The van der Waals surface area contributed by atoms with Gasteiger partial charge in [0, 0.05) is 26.7 Å². The van der Waals surface area contributed by atoms with Gasteiger partial charge in [-0.05, 0) is 19.3 Å². The lowest BCUT2D eigenvalue weighted by atomic mass is 10.2. The van der Waals surface area contributed by atoms with Crippen molar-refractivity contribution in [2.75, 3.05) is 33.9 Å². The Balaban J connectivity index is 2.46. The van der Waals surface area contributed by atoms with E-state index in [1.54, 1.807) is 14.1 Å². The highest BCUT2D eigenvalue weighted by Gasteiger charge is 2.16. The highest BCUT2D eigenvalue weighted by Crippen LogP contribution is 2.17. The molecule has 0 atom stereocenters. The van der Waals surface area contributed by atoms with Crippen molar-refractivity contribution in [3.8, 4) is 0 Å². The molecule has 19 heavy (non-hydrogen) atoms. The van der Waals surface area contributed by atoms with E-state index in [0.29, 0.717) is 25.0 Å². The summed E-state index contributed by atoms with van der Waals surface area (Å²) in [6, 6.07) is 0.422. The Bertz CT molecular complexity index is 301. The summed E-state index contributed by atoms with van der Waals surface area (Å²) in [7, 11) is 3.41. The van der Waals surface area contributed by atoms with Gasteiger partial charge in [-0.3, -0.25) is 9.18 Å². The zero-order chi connectivity index (χ0) is 14.1. The van der Waals surface area contributed by atoms with Gasteiger partial charge in [-0.1, -0.05) is 12.8 Å². The first-order valence-electron chi connectivity index (χ1n) is 6.94. The summed E-state index contributed by atoms with van der Waals surface area (Å²) < 4.78 is 12.1. The summed E-state index contributed by atoms with van der Waals surface area (Å²) in [6.45, 7) is 0.302. The number of guanidine groups is 1. The van der Waals surface area contributed by atoms with Gasteiger partial charge in [0.2, 0.25) is 5.91 Å². The Morgan fingerprint density at radius 2 is 2.05 bits per heavy atom. The van der Waals surface area contributed by atoms with Gasteiger partial charge in [0.25, 0.3) is 0 Å². The van der Waals surface area contributed by atoms with Gasteiger partial charge in [0.1, 0.15) is 6.54 Å². The maximum absolute atomic E-state index is 12.1. The molecule has 0 aromatic rings. The summed E-state index contributed by atoms with van der Waals surface area (Å²) in [5, 5.41) is 6.38. The number of likely N-dealkylation sites (N-methyl/N-ethyl adjacent to an activating group) is 1. The van der Waals surface area contributed by atoms with Crippen molar-refractivity contribution in [1.82, 2.24) is 15.5 Å². The first kappa shape index (κ1) is 15.7. The topological polar surface area (TPSA) is 56.7 Å². The molecule has 110 valence electrons. The molecule has 1 aliphatic rings. The van der Waals surface area contributed by atoms with E-state index in [-0.39, 0.29) is 19.1 Å². The number of rotatable bonds is 6. The van der Waals surface area contributed by atoms with Crippen LogP contribution in [0.1, 0.15) is 32.1 Å². The normalized spacial score (nSPS) is 16.5. The zero-order valence-electron chi connectivity index (χ0n) is 11.9. The van der Waals surface area contributed by atoms with E-state index in [9.17, 15) is 9.18 Å². The summed E-state index contributed by atoms with van der Waals surface area (Å²) >= 11 is 0. The molecule has 1 aliphatic carbocycles. The Labute approximate surface area is 114 Å². The van der Waals surface area contributed by atoms with E-state index >= 15 is 0 Å². The van der Waals surface area contributed by atoms with Gasteiger partial charge >= 0.3 is 0 Å². The number of carbonyl (C=O) groups excluding carboxylic acids is 1. The second kappa shape index (κ2) is 8.72. The van der Waals surface area contributed by atoms with Crippen LogP contribution in [0.4, 0.5) is 4.39 Å². The smallest absolute Gasteiger partial charge is 0.243 e. The number of alkyl halides is 1. The van der Waals surface area contributed by atoms with E-state index in [2.05, 4.69) is 15.6 Å². The maximum atomic E-state index is 12.1. The number of nitrogens with one attached hydrogen (secondary N) is 2. The molecule has 0 spiro atoms. The number of nitrogens with zero attached hydrogens (tertiary/aromatic N) is 2. The quantitative estimate of drug-likeness (QED) is 0.429. The Hall–Kier alpha value is -1.33. The molecule has 1 rings (SSSR count). The third kappa shape index (κ3) is 6.40. The van der Waals surface area contributed by atoms with Gasteiger partial charge in [0.15, 0.2) is 5.96 Å². The van der Waals surface area contributed by atoms with Crippen molar-refractivity contribution in [3.05, 3.63) is 0 Å². The van der Waals surface area contributed by atoms with E-state index in [4.69, 9.17) is 0 Å². The average molecular weight is 272 g/mol. The molecule has 5 nitrogen and oxygen atoms in total. The molecule has 0 heterocycles. The van der Waals surface area contributed by atoms with Crippen LogP contribution in [-0.2, 0) is 4.79 Å². The summed E-state index contributed by atoms with van der Waals surface area (Å²) in [5.74, 6) is 0.577. The minimum atomic E-state index is -0.347. The van der Waals surface area contributed by atoms with Crippen LogP contribution in [0.2, 0.25) is 0 Å². The highest BCUT2D eigenvalue weighted by molar-refractivity contribution is 5.84. The second-order valence-corrected chi connectivity index (χ2v) is 5.05. The molecular weight excluding hydrogens is 247 g/mol. The van der Waals surface area contributed by atoms with Crippen molar-refractivity contribution < 1.29 is 9.18 Å². The van der Waals surface area contributed by atoms with E-state index in [1.807, 2.05) is 0 Å². The number of hydrogen-bond donors (Lipinski definition) is 2. The molecule has 0 bridgehead atoms. The molecular formula is C13H25FN4O. The van der Waals surface area contributed by atoms with Gasteiger partial charge < -0.3 is 15.5 Å². The van der Waals surface area contributed by atoms with Crippen LogP contribution in [0.3, 0.4) is 0 Å². The Morgan fingerprint density at radius 3 is 2.63 bits per heavy atom. The predicted octanol–water partition coefficient (Wildman–Crippen LogP) is 0.912. The minimum Gasteiger partial charge on any atom is -0.356 e. The number of carbonyl (C=O) groups is 1. The fourth-order valence-corrected chi connectivity index (χ4v) is 1.98. The molecule has 1 amide bonds. The molecule has 0 aliphatic heterocycles. The monoisotopic (exact) mass is 272 g/mol. The molecule has 0 saturated heterocycles. The molecule has 1 saturated carbocycles. The average Bonchev–Trinajstić information content (AvgIpc) is 2.88. The van der Waals surface area contributed by atoms with Gasteiger partial charge in [0.05, 0.1) is 6.67 Å². The van der Waals surface area contributed by atoms with Gasteiger partial charge in [-0.25, -0.2) is 4.99 Å². The second-order valence-electron chi connectivity index (χ2n) is 5.05. The summed E-state index contributed by atoms with van der Waals surface area (Å²) in [5.41, 5.74) is 0. The lowest BCUT2D eigenvalue weighted by Crippen LogP contribution is -2.43. The number of aliphatic imine (C=N–C) groups is 1. The molecule has 0 aromatic carbocycles. The molecule has 0 unspecified atom stereocenters. The standard InChI is InChI=1S/C13H25FN4O/c1-18(2)12(19)10-16-13(15-9-5-8-14)17-11-6-3-4-7-11/h11H,3-10H2,1-2H3,(H2,15,16,17). The van der Waals surface area contributed by atoms with E-state index in [1.165, 1.54) is 17.7 Å². The third-order valence-electron chi connectivity index (χ3n) is 3.17. The van der Waals surface area contributed by atoms with Crippen molar-refractivity contribution in [3.63, 3.8) is 0 Å². The molecule has 0 radical (unpaired) electrons. The first-order chi connectivity index (χ1) is 9.13. The fourth-order valence-electron chi connectivity index (χ4n) is 1.98. The SMILES string of the molecule is CN(C)C(=O)CN=C(NCCCF)NC1CCCC1. The van der Waals surface area contributed by atoms with Crippen molar-refractivity contribution in [2.45, 2.75) is 38.1 Å². The lowest BCUT2D eigenvalue weighted by molar-refractivity contribution is -0.127. The third-order valence-corrected chi connectivity index (χ3v) is 3.17. The molecule has 6 heteroatoms. The zero-order valence-corrected chi connectivity index (χ0v) is 11.9. The lowest BCUT2D eigenvalue weighted by Gasteiger charge is -2.17. The fraction of sp³-hybridized carbons (Fsp3) is 0.846. The highest BCUT2D eigenvalue weighted by atomic mass is 19.1. The Kier molecular flexibility index (Phi) is 7.22. The van der Waals surface area contributed by atoms with Crippen LogP contribution < -0.4 is 10.6 Å². The van der Waals surface area contributed by atoms with Crippen molar-refractivity contribution >= 4 is 11.9 Å². The number of halogens is 1. The number of amides is 1. The van der Waals surface area contributed by atoms with Crippen LogP contribution in [0, 0.1) is 0 Å². The molecule has 1 fully saturated rings. The first-order valence-corrected chi connectivity index (χ1v) is 6.94. The summed E-state index contributed by atoms with van der Waals surface area (Å²) in [4.78, 5) is 17.3. The van der Waals surface area contributed by atoms with Crippen LogP contribution in [-0.4, -0.2) is 56.7 Å². The van der Waals surface area contributed by atoms with Gasteiger partial charge in [-0.2, -0.15) is 0 Å². The van der Waals surface area contributed by atoms with Crippen LogP contribution in [0.25, 0.3) is 0 Å².